The van der Waals surface area contributed by atoms with E-state index in [1.807, 2.05) is 18.2 Å². The highest BCUT2D eigenvalue weighted by Crippen LogP contribution is 2.28. The second-order valence-electron chi connectivity index (χ2n) is 5.04. The van der Waals surface area contributed by atoms with E-state index >= 15 is 0 Å². The van der Waals surface area contributed by atoms with Crippen molar-refractivity contribution in [2.45, 2.75) is 27.0 Å². The Morgan fingerprint density at radius 2 is 1.86 bits per heavy atom. The first-order valence-electron chi connectivity index (χ1n) is 7.29. The zero-order chi connectivity index (χ0) is 15.1. The predicted octanol–water partition coefficient (Wildman–Crippen LogP) is 3.69. The molecule has 112 valence electrons. The van der Waals surface area contributed by atoms with Gasteiger partial charge in [-0.3, -0.25) is 0 Å². The van der Waals surface area contributed by atoms with Gasteiger partial charge in [-0.25, -0.2) is 0 Å². The summed E-state index contributed by atoms with van der Waals surface area (Å²) in [4.78, 5) is 0. The fourth-order valence-electron chi connectivity index (χ4n) is 2.17. The quantitative estimate of drug-likeness (QED) is 0.841. The molecule has 0 amide bonds. The van der Waals surface area contributed by atoms with E-state index in [4.69, 9.17) is 9.47 Å². The molecule has 0 bridgehead atoms. The van der Waals surface area contributed by atoms with Crippen LogP contribution in [0.2, 0.25) is 0 Å². The number of benzene rings is 2. The zero-order valence-electron chi connectivity index (χ0n) is 13.0. The molecule has 0 aliphatic carbocycles. The lowest BCUT2D eigenvalue weighted by atomic mass is 10.1. The van der Waals surface area contributed by atoms with Crippen molar-refractivity contribution in [2.75, 3.05) is 13.7 Å². The SMILES string of the molecule is CCNCc1ccc(OCc2cccc(C)c2)c(OC)c1. The summed E-state index contributed by atoms with van der Waals surface area (Å²) < 4.78 is 11.3. The number of hydrogen-bond acceptors (Lipinski definition) is 3. The van der Waals surface area contributed by atoms with Gasteiger partial charge in [0.15, 0.2) is 11.5 Å². The van der Waals surface area contributed by atoms with Gasteiger partial charge in [0.25, 0.3) is 0 Å². The van der Waals surface area contributed by atoms with Crippen LogP contribution in [0.4, 0.5) is 0 Å². The van der Waals surface area contributed by atoms with Gasteiger partial charge in [-0.2, -0.15) is 0 Å². The van der Waals surface area contributed by atoms with Crippen molar-refractivity contribution in [3.63, 3.8) is 0 Å². The molecule has 0 fully saturated rings. The molecule has 0 radical (unpaired) electrons. The first-order valence-corrected chi connectivity index (χ1v) is 7.29. The van der Waals surface area contributed by atoms with E-state index in [2.05, 4.69) is 43.4 Å². The van der Waals surface area contributed by atoms with E-state index in [0.717, 1.165) is 30.2 Å². The molecular formula is C18H23NO2. The van der Waals surface area contributed by atoms with Crippen LogP contribution < -0.4 is 14.8 Å². The van der Waals surface area contributed by atoms with Gasteiger partial charge in [0.1, 0.15) is 6.61 Å². The summed E-state index contributed by atoms with van der Waals surface area (Å²) in [5.74, 6) is 1.55. The molecule has 2 aromatic carbocycles. The minimum absolute atomic E-state index is 0.546. The summed E-state index contributed by atoms with van der Waals surface area (Å²) in [6, 6.07) is 14.4. The molecule has 3 heteroatoms. The first kappa shape index (κ1) is 15.4. The van der Waals surface area contributed by atoms with Crippen LogP contribution in [0.25, 0.3) is 0 Å². The summed E-state index contributed by atoms with van der Waals surface area (Å²) in [5.41, 5.74) is 3.59. The smallest absolute Gasteiger partial charge is 0.161 e. The van der Waals surface area contributed by atoms with Crippen molar-refractivity contribution in [3.8, 4) is 11.5 Å². The Morgan fingerprint density at radius 3 is 2.57 bits per heavy atom. The maximum Gasteiger partial charge on any atom is 0.161 e. The number of rotatable bonds is 7. The van der Waals surface area contributed by atoms with E-state index in [1.54, 1.807) is 7.11 Å². The van der Waals surface area contributed by atoms with Crippen LogP contribution in [0, 0.1) is 6.92 Å². The monoisotopic (exact) mass is 285 g/mol. The van der Waals surface area contributed by atoms with E-state index in [-0.39, 0.29) is 0 Å². The molecule has 0 saturated carbocycles. The standard InChI is InChI=1S/C18H23NO2/c1-4-19-12-15-8-9-17(18(11-15)20-3)21-13-16-7-5-6-14(2)10-16/h5-11,19H,4,12-13H2,1-3H3. The van der Waals surface area contributed by atoms with Crippen molar-refractivity contribution < 1.29 is 9.47 Å². The van der Waals surface area contributed by atoms with Gasteiger partial charge < -0.3 is 14.8 Å². The molecule has 0 atom stereocenters. The number of methoxy groups -OCH3 is 1. The van der Waals surface area contributed by atoms with E-state index in [9.17, 15) is 0 Å². The molecule has 0 heterocycles. The van der Waals surface area contributed by atoms with Gasteiger partial charge in [0, 0.05) is 6.54 Å². The van der Waals surface area contributed by atoms with Gasteiger partial charge in [-0.1, -0.05) is 42.8 Å². The average Bonchev–Trinajstić information content (AvgIpc) is 2.51. The third-order valence-electron chi connectivity index (χ3n) is 3.28. The Morgan fingerprint density at radius 1 is 1.00 bits per heavy atom. The molecule has 3 nitrogen and oxygen atoms in total. The topological polar surface area (TPSA) is 30.5 Å². The summed E-state index contributed by atoms with van der Waals surface area (Å²) >= 11 is 0. The third-order valence-corrected chi connectivity index (χ3v) is 3.28. The Balaban J connectivity index is 2.05. The molecular weight excluding hydrogens is 262 g/mol. The summed E-state index contributed by atoms with van der Waals surface area (Å²) in [6.07, 6.45) is 0. The number of hydrogen-bond donors (Lipinski definition) is 1. The lowest BCUT2D eigenvalue weighted by Gasteiger charge is -2.13. The zero-order valence-corrected chi connectivity index (χ0v) is 13.0. The molecule has 0 aromatic heterocycles. The number of ether oxygens (including phenoxy) is 2. The van der Waals surface area contributed by atoms with Crippen molar-refractivity contribution in [2.24, 2.45) is 0 Å². The second-order valence-corrected chi connectivity index (χ2v) is 5.04. The van der Waals surface area contributed by atoms with Crippen LogP contribution in [-0.4, -0.2) is 13.7 Å². The third kappa shape index (κ3) is 4.50. The number of nitrogens with one attached hydrogen (secondary N) is 1. The molecule has 1 N–H and O–H groups in total. The maximum absolute atomic E-state index is 5.88. The lowest BCUT2D eigenvalue weighted by Crippen LogP contribution is -2.11. The molecule has 0 unspecified atom stereocenters. The normalized spacial score (nSPS) is 10.4. The minimum Gasteiger partial charge on any atom is -0.493 e. The summed E-state index contributed by atoms with van der Waals surface area (Å²) in [5, 5.41) is 3.30. The van der Waals surface area contributed by atoms with Crippen LogP contribution in [-0.2, 0) is 13.2 Å². The van der Waals surface area contributed by atoms with Crippen molar-refractivity contribution in [1.82, 2.24) is 5.32 Å². The van der Waals surface area contributed by atoms with Crippen LogP contribution in [0.1, 0.15) is 23.6 Å². The molecule has 0 aliphatic rings. The van der Waals surface area contributed by atoms with Crippen LogP contribution >= 0.6 is 0 Å². The second kappa shape index (κ2) is 7.70. The summed E-state index contributed by atoms with van der Waals surface area (Å²) in [7, 11) is 1.67. The molecule has 0 aliphatic heterocycles. The molecule has 0 spiro atoms. The average molecular weight is 285 g/mol. The van der Waals surface area contributed by atoms with Gasteiger partial charge in [-0.15, -0.1) is 0 Å². The Labute approximate surface area is 126 Å². The molecule has 21 heavy (non-hydrogen) atoms. The highest BCUT2D eigenvalue weighted by Gasteiger charge is 2.06. The number of aryl methyl sites for hydroxylation is 1. The van der Waals surface area contributed by atoms with Crippen molar-refractivity contribution >= 4 is 0 Å². The minimum atomic E-state index is 0.546. The fourth-order valence-corrected chi connectivity index (χ4v) is 2.17. The highest BCUT2D eigenvalue weighted by molar-refractivity contribution is 5.43. The van der Waals surface area contributed by atoms with Gasteiger partial charge in [0.05, 0.1) is 7.11 Å². The van der Waals surface area contributed by atoms with Gasteiger partial charge in [-0.05, 0) is 36.7 Å². The van der Waals surface area contributed by atoms with Gasteiger partial charge in [0.2, 0.25) is 0 Å². The predicted molar refractivity (Wildman–Crippen MR) is 85.9 cm³/mol. The van der Waals surface area contributed by atoms with Crippen LogP contribution in [0.15, 0.2) is 42.5 Å². The Kier molecular flexibility index (Phi) is 5.64. The van der Waals surface area contributed by atoms with Crippen LogP contribution in [0.5, 0.6) is 11.5 Å². The highest BCUT2D eigenvalue weighted by atomic mass is 16.5. The van der Waals surface area contributed by atoms with Gasteiger partial charge >= 0.3 is 0 Å². The van der Waals surface area contributed by atoms with Crippen LogP contribution in [0.3, 0.4) is 0 Å². The fraction of sp³-hybridized carbons (Fsp3) is 0.333. The summed E-state index contributed by atoms with van der Waals surface area (Å²) in [6.45, 7) is 6.51. The van der Waals surface area contributed by atoms with E-state index in [1.165, 1.54) is 11.1 Å². The van der Waals surface area contributed by atoms with E-state index < -0.39 is 0 Å². The largest absolute Gasteiger partial charge is 0.493 e. The molecule has 2 rings (SSSR count). The van der Waals surface area contributed by atoms with E-state index in [0.29, 0.717) is 6.61 Å². The first-order chi connectivity index (χ1) is 10.2. The lowest BCUT2D eigenvalue weighted by molar-refractivity contribution is 0.284. The molecule has 0 saturated heterocycles. The Hall–Kier alpha value is -2.00. The maximum atomic E-state index is 5.88. The Bertz CT molecular complexity index is 581. The molecule has 2 aromatic rings. The van der Waals surface area contributed by atoms with Crippen molar-refractivity contribution in [3.05, 3.63) is 59.2 Å². The van der Waals surface area contributed by atoms with Crippen molar-refractivity contribution in [1.29, 1.82) is 0 Å².